The summed E-state index contributed by atoms with van der Waals surface area (Å²) in [7, 11) is 0. The monoisotopic (exact) mass is 273 g/mol. The van der Waals surface area contributed by atoms with E-state index < -0.39 is 0 Å². The third-order valence-electron chi connectivity index (χ3n) is 3.29. The molecule has 1 aliphatic rings. The summed E-state index contributed by atoms with van der Waals surface area (Å²) in [5.41, 5.74) is 1.69. The third-order valence-corrected chi connectivity index (χ3v) is 3.98. The van der Waals surface area contributed by atoms with Gasteiger partial charge in [-0.25, -0.2) is 0 Å². The predicted octanol–water partition coefficient (Wildman–Crippen LogP) is 3.18. The summed E-state index contributed by atoms with van der Waals surface area (Å²) < 4.78 is 5.44. The zero-order chi connectivity index (χ0) is 13.1. The lowest BCUT2D eigenvalue weighted by atomic mass is 10.1. The fourth-order valence-corrected chi connectivity index (χ4v) is 2.96. The molecule has 0 spiro atoms. The average molecular weight is 273 g/mol. The molecular weight excluding hydrogens is 258 g/mol. The standard InChI is InChI=1S/C15H15NO2S/c17-15(12-7-9-19-11-12)16(14-6-8-18-10-14)13-4-2-1-3-5-13/h1-5,7,9,11,14H,6,8,10H2. The van der Waals surface area contributed by atoms with E-state index in [0.717, 1.165) is 24.3 Å². The first kappa shape index (κ1) is 12.4. The fraction of sp³-hybridized carbons (Fsp3) is 0.267. The number of carbonyl (C=O) groups is 1. The molecule has 1 saturated heterocycles. The highest BCUT2D eigenvalue weighted by Gasteiger charge is 2.29. The highest BCUT2D eigenvalue weighted by molar-refractivity contribution is 7.08. The van der Waals surface area contributed by atoms with Gasteiger partial charge in [-0.1, -0.05) is 18.2 Å². The van der Waals surface area contributed by atoms with Crippen molar-refractivity contribution in [1.29, 1.82) is 0 Å². The van der Waals surface area contributed by atoms with Crippen LogP contribution in [-0.4, -0.2) is 25.2 Å². The van der Waals surface area contributed by atoms with Crippen molar-refractivity contribution in [2.45, 2.75) is 12.5 Å². The Morgan fingerprint density at radius 1 is 1.26 bits per heavy atom. The summed E-state index contributed by atoms with van der Waals surface area (Å²) in [5.74, 6) is 0.0583. The Morgan fingerprint density at radius 2 is 2.11 bits per heavy atom. The van der Waals surface area contributed by atoms with E-state index in [0.29, 0.717) is 6.61 Å². The molecule has 1 atom stereocenters. The van der Waals surface area contributed by atoms with Crippen LogP contribution in [0.3, 0.4) is 0 Å². The number of anilines is 1. The summed E-state index contributed by atoms with van der Waals surface area (Å²) >= 11 is 1.54. The normalized spacial score (nSPS) is 18.4. The van der Waals surface area contributed by atoms with E-state index in [1.54, 1.807) is 11.3 Å². The highest BCUT2D eigenvalue weighted by atomic mass is 32.1. The van der Waals surface area contributed by atoms with Crippen molar-refractivity contribution in [3.8, 4) is 0 Å². The van der Waals surface area contributed by atoms with Crippen LogP contribution < -0.4 is 4.90 Å². The Bertz CT molecular complexity index is 533. The quantitative estimate of drug-likeness (QED) is 0.859. The van der Waals surface area contributed by atoms with Crippen molar-refractivity contribution in [3.63, 3.8) is 0 Å². The first-order chi connectivity index (χ1) is 9.36. The lowest BCUT2D eigenvalue weighted by Crippen LogP contribution is -2.40. The number of carbonyl (C=O) groups excluding carboxylic acids is 1. The molecule has 0 radical (unpaired) electrons. The van der Waals surface area contributed by atoms with E-state index in [4.69, 9.17) is 4.74 Å². The highest BCUT2D eigenvalue weighted by Crippen LogP contribution is 2.24. The van der Waals surface area contributed by atoms with Crippen molar-refractivity contribution in [3.05, 3.63) is 52.7 Å². The number of nitrogens with zero attached hydrogens (tertiary/aromatic N) is 1. The Kier molecular flexibility index (Phi) is 3.62. The van der Waals surface area contributed by atoms with Crippen LogP contribution >= 0.6 is 11.3 Å². The van der Waals surface area contributed by atoms with E-state index >= 15 is 0 Å². The number of thiophene rings is 1. The minimum atomic E-state index is 0.0583. The van der Waals surface area contributed by atoms with Crippen LogP contribution in [0.15, 0.2) is 47.2 Å². The molecule has 1 fully saturated rings. The smallest absolute Gasteiger partial charge is 0.259 e. The molecule has 2 heterocycles. The first-order valence-corrected chi connectivity index (χ1v) is 7.29. The summed E-state index contributed by atoms with van der Waals surface area (Å²) in [6.07, 6.45) is 0.894. The molecule has 98 valence electrons. The molecule has 19 heavy (non-hydrogen) atoms. The summed E-state index contributed by atoms with van der Waals surface area (Å²) in [5, 5.41) is 3.83. The molecule has 2 aromatic rings. The molecule has 1 unspecified atom stereocenters. The number of hydrogen-bond donors (Lipinski definition) is 0. The lowest BCUT2D eigenvalue weighted by molar-refractivity contribution is 0.0972. The second-order valence-corrected chi connectivity index (χ2v) is 5.32. The van der Waals surface area contributed by atoms with Crippen molar-refractivity contribution in [2.24, 2.45) is 0 Å². The van der Waals surface area contributed by atoms with Gasteiger partial charge in [-0.3, -0.25) is 4.79 Å². The molecule has 1 aliphatic heterocycles. The van der Waals surface area contributed by atoms with Crippen molar-refractivity contribution in [2.75, 3.05) is 18.1 Å². The molecule has 4 heteroatoms. The molecule has 1 aromatic carbocycles. The lowest BCUT2D eigenvalue weighted by Gasteiger charge is -2.27. The van der Waals surface area contributed by atoms with Crippen LogP contribution in [0.1, 0.15) is 16.8 Å². The van der Waals surface area contributed by atoms with Crippen LogP contribution in [0.5, 0.6) is 0 Å². The molecular formula is C15H15NO2S. The molecule has 0 aliphatic carbocycles. The van der Waals surface area contributed by atoms with Gasteiger partial charge in [0.2, 0.25) is 0 Å². The minimum Gasteiger partial charge on any atom is -0.379 e. The van der Waals surface area contributed by atoms with E-state index in [-0.39, 0.29) is 11.9 Å². The number of benzene rings is 1. The topological polar surface area (TPSA) is 29.5 Å². The maximum Gasteiger partial charge on any atom is 0.259 e. The zero-order valence-electron chi connectivity index (χ0n) is 10.5. The molecule has 3 nitrogen and oxygen atoms in total. The molecule has 1 aromatic heterocycles. The second-order valence-electron chi connectivity index (χ2n) is 4.54. The number of rotatable bonds is 3. The van der Waals surface area contributed by atoms with Crippen LogP contribution in [0, 0.1) is 0 Å². The van der Waals surface area contributed by atoms with Crippen LogP contribution in [-0.2, 0) is 4.74 Å². The Balaban J connectivity index is 1.94. The SMILES string of the molecule is O=C(c1ccsc1)N(c1ccccc1)C1CCOC1. The number of amides is 1. The number of ether oxygens (including phenoxy) is 1. The van der Waals surface area contributed by atoms with Crippen molar-refractivity contribution >= 4 is 22.9 Å². The maximum absolute atomic E-state index is 12.7. The maximum atomic E-state index is 12.7. The fourth-order valence-electron chi connectivity index (χ4n) is 2.33. The van der Waals surface area contributed by atoms with E-state index in [2.05, 4.69) is 0 Å². The summed E-state index contributed by atoms with van der Waals surface area (Å²) in [6, 6.07) is 11.8. The van der Waals surface area contributed by atoms with Gasteiger partial charge in [0.25, 0.3) is 5.91 Å². The van der Waals surface area contributed by atoms with Crippen LogP contribution in [0.25, 0.3) is 0 Å². The van der Waals surface area contributed by atoms with Gasteiger partial charge in [0.15, 0.2) is 0 Å². The van der Waals surface area contributed by atoms with Crippen molar-refractivity contribution in [1.82, 2.24) is 0 Å². The third kappa shape index (κ3) is 2.55. The largest absolute Gasteiger partial charge is 0.379 e. The molecule has 0 bridgehead atoms. The minimum absolute atomic E-state index is 0.0583. The average Bonchev–Trinajstić information content (AvgIpc) is 3.13. The predicted molar refractivity (Wildman–Crippen MR) is 76.8 cm³/mol. The molecule has 3 rings (SSSR count). The van der Waals surface area contributed by atoms with Crippen LogP contribution in [0.4, 0.5) is 5.69 Å². The van der Waals surface area contributed by atoms with Gasteiger partial charge in [-0.05, 0) is 30.0 Å². The van der Waals surface area contributed by atoms with Gasteiger partial charge in [0.1, 0.15) is 0 Å². The molecule has 0 saturated carbocycles. The second kappa shape index (κ2) is 5.55. The van der Waals surface area contributed by atoms with Gasteiger partial charge in [0.05, 0.1) is 18.2 Å². The van der Waals surface area contributed by atoms with Crippen LogP contribution in [0.2, 0.25) is 0 Å². The summed E-state index contributed by atoms with van der Waals surface area (Å²) in [4.78, 5) is 14.5. The van der Waals surface area contributed by atoms with Gasteiger partial charge in [0, 0.05) is 17.7 Å². The Hall–Kier alpha value is -1.65. The van der Waals surface area contributed by atoms with Gasteiger partial charge in [-0.15, -0.1) is 0 Å². The van der Waals surface area contributed by atoms with Gasteiger partial charge >= 0.3 is 0 Å². The zero-order valence-corrected chi connectivity index (χ0v) is 11.3. The Labute approximate surface area is 116 Å². The summed E-state index contributed by atoms with van der Waals surface area (Å²) in [6.45, 7) is 1.34. The first-order valence-electron chi connectivity index (χ1n) is 6.35. The molecule has 0 N–H and O–H groups in total. The molecule has 1 amide bonds. The van der Waals surface area contributed by atoms with Gasteiger partial charge < -0.3 is 9.64 Å². The Morgan fingerprint density at radius 3 is 2.74 bits per heavy atom. The van der Waals surface area contributed by atoms with E-state index in [1.807, 2.05) is 52.1 Å². The van der Waals surface area contributed by atoms with E-state index in [1.165, 1.54) is 0 Å². The number of hydrogen-bond acceptors (Lipinski definition) is 3. The van der Waals surface area contributed by atoms with E-state index in [9.17, 15) is 4.79 Å². The van der Waals surface area contributed by atoms with Crippen molar-refractivity contribution < 1.29 is 9.53 Å². The van der Waals surface area contributed by atoms with Gasteiger partial charge in [-0.2, -0.15) is 11.3 Å². The number of para-hydroxylation sites is 1.